The lowest BCUT2D eigenvalue weighted by molar-refractivity contribution is 0.588. The maximum Gasteiger partial charge on any atom is 0.0574 e. The molecule has 1 N–H and O–H groups in total. The molecule has 0 bridgehead atoms. The second-order valence-corrected chi connectivity index (χ2v) is 5.08. The molecule has 0 atom stereocenters. The molecule has 0 fully saturated rings. The summed E-state index contributed by atoms with van der Waals surface area (Å²) in [4.78, 5) is 8.33. The fourth-order valence-corrected chi connectivity index (χ4v) is 1.52. The first kappa shape index (κ1) is 11.6. The lowest BCUT2D eigenvalue weighted by Crippen LogP contribution is -2.11. The van der Waals surface area contributed by atoms with E-state index in [1.807, 2.05) is 24.5 Å². The van der Waals surface area contributed by atoms with Gasteiger partial charge in [-0.25, -0.2) is 0 Å². The fraction of sp³-hybridized carbons (Fsp3) is 0.286. The van der Waals surface area contributed by atoms with E-state index in [1.165, 1.54) is 5.56 Å². The van der Waals surface area contributed by atoms with E-state index in [0.29, 0.717) is 0 Å². The van der Waals surface area contributed by atoms with Gasteiger partial charge in [-0.2, -0.15) is 0 Å². The van der Waals surface area contributed by atoms with Gasteiger partial charge in [0.2, 0.25) is 0 Å². The second-order valence-electron chi connectivity index (χ2n) is 5.08. The van der Waals surface area contributed by atoms with Crippen molar-refractivity contribution in [2.45, 2.75) is 26.2 Å². The summed E-state index contributed by atoms with van der Waals surface area (Å²) in [6.45, 7) is 6.54. The minimum absolute atomic E-state index is 0.111. The van der Waals surface area contributed by atoms with Gasteiger partial charge in [-0.1, -0.05) is 20.8 Å². The van der Waals surface area contributed by atoms with Gasteiger partial charge in [0.1, 0.15) is 0 Å². The van der Waals surface area contributed by atoms with Gasteiger partial charge in [0.15, 0.2) is 0 Å². The average molecular weight is 227 g/mol. The highest BCUT2D eigenvalue weighted by Crippen LogP contribution is 2.24. The summed E-state index contributed by atoms with van der Waals surface area (Å²) in [5.74, 6) is 0. The molecule has 2 aromatic heterocycles. The summed E-state index contributed by atoms with van der Waals surface area (Å²) in [6.07, 6.45) is 7.29. The summed E-state index contributed by atoms with van der Waals surface area (Å²) >= 11 is 0. The number of rotatable bonds is 2. The third-order valence-electron chi connectivity index (χ3n) is 2.55. The van der Waals surface area contributed by atoms with E-state index in [9.17, 15) is 0 Å². The van der Waals surface area contributed by atoms with Gasteiger partial charge < -0.3 is 5.32 Å². The Balaban J connectivity index is 2.23. The molecule has 2 heterocycles. The summed E-state index contributed by atoms with van der Waals surface area (Å²) in [7, 11) is 0. The van der Waals surface area contributed by atoms with Crippen molar-refractivity contribution in [3.63, 3.8) is 0 Å². The Kier molecular flexibility index (Phi) is 3.09. The lowest BCUT2D eigenvalue weighted by atomic mass is 9.88. The van der Waals surface area contributed by atoms with E-state index >= 15 is 0 Å². The third kappa shape index (κ3) is 3.03. The van der Waals surface area contributed by atoms with Gasteiger partial charge in [0.05, 0.1) is 23.8 Å². The lowest BCUT2D eigenvalue weighted by Gasteiger charge is -2.19. The zero-order valence-corrected chi connectivity index (χ0v) is 10.4. The molecule has 0 spiro atoms. The smallest absolute Gasteiger partial charge is 0.0574 e. The molecule has 88 valence electrons. The predicted octanol–water partition coefficient (Wildman–Crippen LogP) is 3.52. The average Bonchev–Trinajstić information content (AvgIpc) is 2.29. The minimum atomic E-state index is 0.111. The Morgan fingerprint density at radius 2 is 1.76 bits per heavy atom. The van der Waals surface area contributed by atoms with Crippen LogP contribution in [0.1, 0.15) is 26.3 Å². The van der Waals surface area contributed by atoms with Crippen LogP contribution in [0, 0.1) is 0 Å². The molecule has 0 aliphatic heterocycles. The molecule has 3 nitrogen and oxygen atoms in total. The van der Waals surface area contributed by atoms with E-state index in [1.54, 1.807) is 12.4 Å². The van der Waals surface area contributed by atoms with Crippen LogP contribution in [-0.4, -0.2) is 9.97 Å². The van der Waals surface area contributed by atoms with Crippen LogP contribution in [0.15, 0.2) is 43.0 Å². The Morgan fingerprint density at radius 3 is 2.41 bits per heavy atom. The van der Waals surface area contributed by atoms with Crippen LogP contribution in [0.2, 0.25) is 0 Å². The van der Waals surface area contributed by atoms with Crippen molar-refractivity contribution in [1.29, 1.82) is 0 Å². The molecule has 2 rings (SSSR count). The highest BCUT2D eigenvalue weighted by atomic mass is 14.9. The van der Waals surface area contributed by atoms with E-state index < -0.39 is 0 Å². The Morgan fingerprint density at radius 1 is 1.00 bits per heavy atom. The Bertz CT molecular complexity index is 486. The molecular weight excluding hydrogens is 210 g/mol. The maximum atomic E-state index is 4.26. The number of nitrogens with zero attached hydrogens (tertiary/aromatic N) is 2. The first-order valence-corrected chi connectivity index (χ1v) is 5.68. The van der Waals surface area contributed by atoms with Gasteiger partial charge in [0.25, 0.3) is 0 Å². The fourth-order valence-electron chi connectivity index (χ4n) is 1.52. The Labute approximate surface area is 102 Å². The molecule has 0 saturated carbocycles. The van der Waals surface area contributed by atoms with Gasteiger partial charge >= 0.3 is 0 Å². The minimum Gasteiger partial charge on any atom is -0.353 e. The molecule has 3 heteroatoms. The highest BCUT2D eigenvalue weighted by Gasteiger charge is 2.14. The van der Waals surface area contributed by atoms with Gasteiger partial charge in [0, 0.05) is 12.4 Å². The van der Waals surface area contributed by atoms with Gasteiger partial charge in [-0.3, -0.25) is 9.97 Å². The normalized spacial score (nSPS) is 11.2. The summed E-state index contributed by atoms with van der Waals surface area (Å²) in [5.41, 5.74) is 3.29. The van der Waals surface area contributed by atoms with Crippen LogP contribution in [0.25, 0.3) is 0 Å². The number of pyridine rings is 2. The second kappa shape index (κ2) is 4.53. The summed E-state index contributed by atoms with van der Waals surface area (Å²) in [6, 6.07) is 6.01. The molecular formula is C14H17N3. The monoisotopic (exact) mass is 227 g/mol. The van der Waals surface area contributed by atoms with E-state index in [0.717, 1.165) is 11.4 Å². The van der Waals surface area contributed by atoms with Crippen LogP contribution >= 0.6 is 0 Å². The number of nitrogens with one attached hydrogen (secondary N) is 1. The first-order chi connectivity index (χ1) is 8.05. The van der Waals surface area contributed by atoms with Crippen molar-refractivity contribution in [3.05, 3.63) is 48.5 Å². The molecule has 0 saturated heterocycles. The largest absolute Gasteiger partial charge is 0.353 e. The quantitative estimate of drug-likeness (QED) is 0.853. The third-order valence-corrected chi connectivity index (χ3v) is 2.55. The SMILES string of the molecule is CC(C)(C)c1cncc(Nc2cccnc2)c1. The molecule has 0 unspecified atom stereocenters. The van der Waals surface area contributed by atoms with Crippen LogP contribution < -0.4 is 5.32 Å². The maximum absolute atomic E-state index is 4.26. The van der Waals surface area contributed by atoms with Crippen molar-refractivity contribution in [3.8, 4) is 0 Å². The topological polar surface area (TPSA) is 37.8 Å². The van der Waals surface area contributed by atoms with Crippen molar-refractivity contribution in [2.24, 2.45) is 0 Å². The van der Waals surface area contributed by atoms with Crippen molar-refractivity contribution >= 4 is 11.4 Å². The first-order valence-electron chi connectivity index (χ1n) is 5.68. The van der Waals surface area contributed by atoms with Crippen molar-refractivity contribution in [1.82, 2.24) is 9.97 Å². The number of hydrogen-bond donors (Lipinski definition) is 1. The van der Waals surface area contributed by atoms with Crippen LogP contribution in [-0.2, 0) is 5.41 Å². The zero-order chi connectivity index (χ0) is 12.3. The number of anilines is 2. The molecule has 0 radical (unpaired) electrons. The van der Waals surface area contributed by atoms with Gasteiger partial charge in [-0.15, -0.1) is 0 Å². The van der Waals surface area contributed by atoms with Crippen molar-refractivity contribution in [2.75, 3.05) is 5.32 Å². The van der Waals surface area contributed by atoms with Gasteiger partial charge in [-0.05, 0) is 29.2 Å². The molecule has 0 amide bonds. The van der Waals surface area contributed by atoms with Crippen LogP contribution in [0.5, 0.6) is 0 Å². The van der Waals surface area contributed by atoms with Crippen LogP contribution in [0.4, 0.5) is 11.4 Å². The summed E-state index contributed by atoms with van der Waals surface area (Å²) < 4.78 is 0. The molecule has 0 aromatic carbocycles. The molecule has 0 aliphatic rings. The van der Waals surface area contributed by atoms with Crippen LogP contribution in [0.3, 0.4) is 0 Å². The number of hydrogen-bond acceptors (Lipinski definition) is 3. The highest BCUT2D eigenvalue weighted by molar-refractivity contribution is 5.58. The van der Waals surface area contributed by atoms with E-state index in [4.69, 9.17) is 0 Å². The zero-order valence-electron chi connectivity index (χ0n) is 10.4. The molecule has 0 aliphatic carbocycles. The van der Waals surface area contributed by atoms with E-state index in [-0.39, 0.29) is 5.41 Å². The van der Waals surface area contributed by atoms with Crippen molar-refractivity contribution < 1.29 is 0 Å². The Hall–Kier alpha value is -1.90. The standard InChI is InChI=1S/C14H17N3/c1-14(2,3)11-7-13(10-16-8-11)17-12-5-4-6-15-9-12/h4-10,17H,1-3H3. The summed E-state index contributed by atoms with van der Waals surface area (Å²) in [5, 5.41) is 3.29. The predicted molar refractivity (Wildman–Crippen MR) is 70.5 cm³/mol. The van der Waals surface area contributed by atoms with E-state index in [2.05, 4.69) is 42.1 Å². The molecule has 2 aromatic rings. The number of aromatic nitrogens is 2. The molecule has 17 heavy (non-hydrogen) atoms.